The van der Waals surface area contributed by atoms with Crippen molar-refractivity contribution in [3.05, 3.63) is 42.0 Å². The van der Waals surface area contributed by atoms with E-state index in [1.807, 2.05) is 12.1 Å². The first-order valence-electron chi connectivity index (χ1n) is 6.57. The van der Waals surface area contributed by atoms with E-state index in [1.54, 1.807) is 7.11 Å². The van der Waals surface area contributed by atoms with E-state index in [2.05, 4.69) is 32.6 Å². The molecule has 0 radical (unpaired) electrons. The second-order valence-electron chi connectivity index (χ2n) is 4.92. The van der Waals surface area contributed by atoms with Gasteiger partial charge in [-0.25, -0.2) is 4.98 Å². The van der Waals surface area contributed by atoms with Crippen LogP contribution in [0.15, 0.2) is 30.6 Å². The smallest absolute Gasteiger partial charge is 0.138 e. The first-order chi connectivity index (χ1) is 9.36. The van der Waals surface area contributed by atoms with Crippen LogP contribution >= 0.6 is 0 Å². The number of nitrogens with zero attached hydrogens (tertiary/aromatic N) is 2. The Hall–Kier alpha value is -1.88. The van der Waals surface area contributed by atoms with Gasteiger partial charge in [0.2, 0.25) is 0 Å². The highest BCUT2D eigenvalue weighted by Gasteiger charge is 2.31. The van der Waals surface area contributed by atoms with Crippen LogP contribution in [0.5, 0.6) is 5.75 Å². The Labute approximate surface area is 112 Å². The summed E-state index contributed by atoms with van der Waals surface area (Å²) in [5.41, 5.74) is 1.32. The molecule has 1 fully saturated rings. The summed E-state index contributed by atoms with van der Waals surface area (Å²) < 4.78 is 5.41. The van der Waals surface area contributed by atoms with Crippen molar-refractivity contribution in [1.82, 2.24) is 20.5 Å². The van der Waals surface area contributed by atoms with Crippen molar-refractivity contribution < 1.29 is 4.74 Å². The number of hydrogen-bond acceptors (Lipinski definition) is 4. The van der Waals surface area contributed by atoms with E-state index in [4.69, 9.17) is 4.74 Å². The van der Waals surface area contributed by atoms with Crippen molar-refractivity contribution in [2.45, 2.75) is 31.3 Å². The Morgan fingerprint density at radius 2 is 2.21 bits per heavy atom. The highest BCUT2D eigenvalue weighted by atomic mass is 16.5. The lowest BCUT2D eigenvalue weighted by atomic mass is 9.75. The molecule has 0 spiro atoms. The Morgan fingerprint density at radius 3 is 2.95 bits per heavy atom. The van der Waals surface area contributed by atoms with Crippen molar-refractivity contribution in [3.63, 3.8) is 0 Å². The SMILES string of the molecule is COc1ccccc1C1CC(NCc2ncn[nH]2)C1. The minimum absolute atomic E-state index is 0.556. The van der Waals surface area contributed by atoms with Crippen molar-refractivity contribution in [1.29, 1.82) is 0 Å². The van der Waals surface area contributed by atoms with E-state index in [1.165, 1.54) is 11.9 Å². The van der Waals surface area contributed by atoms with Gasteiger partial charge in [0.25, 0.3) is 0 Å². The third-order valence-electron chi connectivity index (χ3n) is 3.74. The van der Waals surface area contributed by atoms with Crippen molar-refractivity contribution in [3.8, 4) is 5.75 Å². The molecule has 5 heteroatoms. The van der Waals surface area contributed by atoms with Gasteiger partial charge < -0.3 is 10.1 Å². The lowest BCUT2D eigenvalue weighted by molar-refractivity contribution is 0.280. The number of benzene rings is 1. The summed E-state index contributed by atoms with van der Waals surface area (Å²) in [7, 11) is 1.73. The molecular formula is C14H18N4O. The lowest BCUT2D eigenvalue weighted by Gasteiger charge is -2.36. The highest BCUT2D eigenvalue weighted by Crippen LogP contribution is 2.40. The molecule has 2 N–H and O–H groups in total. The average Bonchev–Trinajstić information content (AvgIpc) is 2.90. The molecule has 19 heavy (non-hydrogen) atoms. The summed E-state index contributed by atoms with van der Waals surface area (Å²) in [5, 5.41) is 10.2. The third-order valence-corrected chi connectivity index (χ3v) is 3.74. The topological polar surface area (TPSA) is 62.8 Å². The van der Waals surface area contributed by atoms with E-state index >= 15 is 0 Å². The van der Waals surface area contributed by atoms with E-state index in [0.717, 1.165) is 31.0 Å². The largest absolute Gasteiger partial charge is 0.496 e. The van der Waals surface area contributed by atoms with Gasteiger partial charge in [-0.2, -0.15) is 5.10 Å². The first-order valence-corrected chi connectivity index (χ1v) is 6.57. The number of nitrogens with one attached hydrogen (secondary N) is 2. The van der Waals surface area contributed by atoms with Crippen LogP contribution in [0, 0.1) is 0 Å². The van der Waals surface area contributed by atoms with Crippen LogP contribution in [0.3, 0.4) is 0 Å². The number of aromatic nitrogens is 3. The van der Waals surface area contributed by atoms with Crippen molar-refractivity contribution in [2.24, 2.45) is 0 Å². The zero-order chi connectivity index (χ0) is 13.1. The van der Waals surface area contributed by atoms with E-state index in [9.17, 15) is 0 Å². The summed E-state index contributed by atoms with van der Waals surface area (Å²) >= 11 is 0. The maximum atomic E-state index is 5.41. The van der Waals surface area contributed by atoms with Crippen LogP contribution in [0.2, 0.25) is 0 Å². The molecule has 0 atom stereocenters. The second-order valence-corrected chi connectivity index (χ2v) is 4.92. The number of H-pyrrole nitrogens is 1. The molecule has 0 amide bonds. The summed E-state index contributed by atoms with van der Waals surface area (Å²) in [6, 6.07) is 8.84. The van der Waals surface area contributed by atoms with Crippen LogP contribution < -0.4 is 10.1 Å². The van der Waals surface area contributed by atoms with Crippen LogP contribution in [0.4, 0.5) is 0 Å². The molecule has 3 rings (SSSR count). The molecule has 1 aliphatic carbocycles. The van der Waals surface area contributed by atoms with E-state index in [0.29, 0.717) is 12.0 Å². The fourth-order valence-corrected chi connectivity index (χ4v) is 2.60. The molecule has 1 saturated carbocycles. The molecule has 1 aromatic carbocycles. The number of rotatable bonds is 5. The summed E-state index contributed by atoms with van der Waals surface area (Å²) in [5.74, 6) is 2.49. The molecule has 100 valence electrons. The Morgan fingerprint density at radius 1 is 1.37 bits per heavy atom. The Kier molecular flexibility index (Phi) is 3.46. The first kappa shape index (κ1) is 12.2. The lowest BCUT2D eigenvalue weighted by Crippen LogP contribution is -2.39. The van der Waals surface area contributed by atoms with Crippen LogP contribution in [-0.2, 0) is 6.54 Å². The number of para-hydroxylation sites is 1. The third kappa shape index (κ3) is 2.61. The molecule has 0 saturated heterocycles. The minimum Gasteiger partial charge on any atom is -0.496 e. The Bertz CT molecular complexity index is 520. The van der Waals surface area contributed by atoms with Gasteiger partial charge in [-0.15, -0.1) is 0 Å². The summed E-state index contributed by atoms with van der Waals surface area (Å²) in [6.07, 6.45) is 3.83. The van der Waals surface area contributed by atoms with Crippen LogP contribution in [0.1, 0.15) is 30.1 Å². The average molecular weight is 258 g/mol. The minimum atomic E-state index is 0.556. The molecule has 1 heterocycles. The van der Waals surface area contributed by atoms with Crippen LogP contribution in [-0.4, -0.2) is 28.3 Å². The number of aromatic amines is 1. The molecule has 2 aromatic rings. The molecule has 5 nitrogen and oxygen atoms in total. The summed E-state index contributed by atoms with van der Waals surface area (Å²) in [4.78, 5) is 4.10. The molecular weight excluding hydrogens is 240 g/mol. The molecule has 0 aliphatic heterocycles. The van der Waals surface area contributed by atoms with Gasteiger partial charge in [-0.05, 0) is 30.4 Å². The fourth-order valence-electron chi connectivity index (χ4n) is 2.60. The standard InChI is InChI=1S/C14H18N4O/c1-19-13-5-3-2-4-12(13)10-6-11(7-10)15-8-14-16-9-17-18-14/h2-5,9-11,15H,6-8H2,1H3,(H,16,17,18). The van der Waals surface area contributed by atoms with Gasteiger partial charge in [0.05, 0.1) is 13.7 Å². The number of ether oxygens (including phenoxy) is 1. The highest BCUT2D eigenvalue weighted by molar-refractivity contribution is 5.37. The van der Waals surface area contributed by atoms with Gasteiger partial charge in [0.1, 0.15) is 17.9 Å². The second kappa shape index (κ2) is 5.40. The molecule has 1 aromatic heterocycles. The van der Waals surface area contributed by atoms with Gasteiger partial charge in [0.15, 0.2) is 0 Å². The number of hydrogen-bond donors (Lipinski definition) is 2. The number of methoxy groups -OCH3 is 1. The van der Waals surface area contributed by atoms with Crippen molar-refractivity contribution >= 4 is 0 Å². The maximum absolute atomic E-state index is 5.41. The predicted molar refractivity (Wildman–Crippen MR) is 72.0 cm³/mol. The van der Waals surface area contributed by atoms with Gasteiger partial charge >= 0.3 is 0 Å². The van der Waals surface area contributed by atoms with Gasteiger partial charge in [-0.3, -0.25) is 5.10 Å². The molecule has 0 unspecified atom stereocenters. The zero-order valence-electron chi connectivity index (χ0n) is 11.0. The molecule has 0 bridgehead atoms. The monoisotopic (exact) mass is 258 g/mol. The van der Waals surface area contributed by atoms with Crippen LogP contribution in [0.25, 0.3) is 0 Å². The predicted octanol–water partition coefficient (Wildman–Crippen LogP) is 1.85. The van der Waals surface area contributed by atoms with Gasteiger partial charge in [0, 0.05) is 6.04 Å². The fraction of sp³-hybridized carbons (Fsp3) is 0.429. The maximum Gasteiger partial charge on any atom is 0.138 e. The van der Waals surface area contributed by atoms with E-state index < -0.39 is 0 Å². The van der Waals surface area contributed by atoms with Gasteiger partial charge in [-0.1, -0.05) is 18.2 Å². The zero-order valence-corrected chi connectivity index (χ0v) is 11.0. The quantitative estimate of drug-likeness (QED) is 0.859. The van der Waals surface area contributed by atoms with Crippen molar-refractivity contribution in [2.75, 3.05) is 7.11 Å². The normalized spacial score (nSPS) is 21.9. The Balaban J connectivity index is 1.52. The molecule has 1 aliphatic rings. The summed E-state index contributed by atoms with van der Waals surface area (Å²) in [6.45, 7) is 0.753. The van der Waals surface area contributed by atoms with E-state index in [-0.39, 0.29) is 0 Å².